The average Bonchev–Trinajstić information content (AvgIpc) is 2.55. The summed E-state index contributed by atoms with van der Waals surface area (Å²) in [4.78, 5) is 11.9. The molecule has 1 aromatic rings. The number of nitriles is 1. The first kappa shape index (κ1) is 20.8. The molecule has 0 aliphatic carbocycles. The van der Waals surface area contributed by atoms with Gasteiger partial charge in [-0.3, -0.25) is 4.79 Å². The molecule has 0 spiro atoms. The highest BCUT2D eigenvalue weighted by Crippen LogP contribution is 2.36. The molecule has 0 bridgehead atoms. The predicted molar refractivity (Wildman–Crippen MR) is 84.7 cm³/mol. The minimum atomic E-state index is -4.66. The molecule has 1 rings (SSSR count). The molecule has 25 heavy (non-hydrogen) atoms. The molecule has 0 saturated heterocycles. The maximum Gasteiger partial charge on any atom is 0.417 e. The molecule has 136 valence electrons. The van der Waals surface area contributed by atoms with Crippen molar-refractivity contribution in [3.8, 4) is 6.07 Å². The van der Waals surface area contributed by atoms with Crippen molar-refractivity contribution in [2.24, 2.45) is 0 Å². The highest BCUT2D eigenvalue weighted by Gasteiger charge is 2.33. The Hall–Kier alpha value is -2.28. The number of hydrogen-bond donors (Lipinski definition) is 3. The summed E-state index contributed by atoms with van der Waals surface area (Å²) in [5.74, 6) is -0.873. The summed E-state index contributed by atoms with van der Waals surface area (Å²) in [7, 11) is 0. The first-order valence-electron chi connectivity index (χ1n) is 7.00. The van der Waals surface area contributed by atoms with E-state index in [0.717, 1.165) is 12.3 Å². The van der Waals surface area contributed by atoms with Crippen molar-refractivity contribution >= 4 is 23.2 Å². The van der Waals surface area contributed by atoms with Crippen molar-refractivity contribution in [3.63, 3.8) is 0 Å². The van der Waals surface area contributed by atoms with Gasteiger partial charge >= 0.3 is 6.18 Å². The van der Waals surface area contributed by atoms with Gasteiger partial charge in [0.15, 0.2) is 0 Å². The second kappa shape index (κ2) is 9.88. The number of ether oxygens (including phenoxy) is 1. The number of carbonyl (C=O) groups excluding carboxylic acids is 1. The smallest absolute Gasteiger partial charge is 0.394 e. The fraction of sp³-hybridized carbons (Fsp3) is 0.333. The third-order valence-electron chi connectivity index (χ3n) is 2.77. The molecular weight excluding hydrogens is 363 g/mol. The van der Waals surface area contributed by atoms with Crippen LogP contribution in [0.1, 0.15) is 5.56 Å². The highest BCUT2D eigenvalue weighted by molar-refractivity contribution is 6.31. The Labute approximate surface area is 146 Å². The SMILES string of the molecule is N#C/C(=C/NCCOCCO)C(=O)Nc1ccc(Cl)c(C(F)(F)F)c1. The van der Waals surface area contributed by atoms with Crippen LogP contribution in [0.25, 0.3) is 0 Å². The van der Waals surface area contributed by atoms with Crippen molar-refractivity contribution in [2.45, 2.75) is 6.18 Å². The number of halogens is 4. The van der Waals surface area contributed by atoms with Crippen LogP contribution in [-0.2, 0) is 15.7 Å². The molecule has 0 aliphatic rings. The molecular formula is C15H15ClF3N3O3. The summed E-state index contributed by atoms with van der Waals surface area (Å²) in [6, 6.07) is 4.53. The van der Waals surface area contributed by atoms with E-state index in [1.165, 1.54) is 6.07 Å². The van der Waals surface area contributed by atoms with E-state index in [0.29, 0.717) is 6.07 Å². The lowest BCUT2D eigenvalue weighted by Crippen LogP contribution is -2.20. The summed E-state index contributed by atoms with van der Waals surface area (Å²) >= 11 is 5.49. The number of aliphatic hydroxyl groups is 1. The van der Waals surface area contributed by atoms with E-state index in [-0.39, 0.29) is 37.6 Å². The Bertz CT molecular complexity index is 672. The Morgan fingerprint density at radius 1 is 1.40 bits per heavy atom. The number of alkyl halides is 3. The summed E-state index contributed by atoms with van der Waals surface area (Å²) in [6.07, 6.45) is -3.54. The van der Waals surface area contributed by atoms with Gasteiger partial charge in [0.1, 0.15) is 11.6 Å². The summed E-state index contributed by atoms with van der Waals surface area (Å²) in [6.45, 7) is 0.554. The lowest BCUT2D eigenvalue weighted by atomic mass is 10.2. The van der Waals surface area contributed by atoms with Crippen molar-refractivity contribution in [3.05, 3.63) is 40.6 Å². The second-order valence-corrected chi connectivity index (χ2v) is 5.01. The van der Waals surface area contributed by atoms with E-state index in [2.05, 4.69) is 10.6 Å². The summed E-state index contributed by atoms with van der Waals surface area (Å²) < 4.78 is 43.3. The van der Waals surface area contributed by atoms with Crippen molar-refractivity contribution in [2.75, 3.05) is 31.7 Å². The quantitative estimate of drug-likeness (QED) is 0.367. The summed E-state index contributed by atoms with van der Waals surface area (Å²) in [5.41, 5.74) is -1.56. The first-order chi connectivity index (χ1) is 11.8. The molecule has 0 atom stereocenters. The lowest BCUT2D eigenvalue weighted by molar-refractivity contribution is -0.137. The number of anilines is 1. The molecule has 0 aromatic heterocycles. The zero-order chi connectivity index (χ0) is 18.9. The van der Waals surface area contributed by atoms with Gasteiger partial charge in [0.05, 0.1) is 30.4 Å². The molecule has 0 heterocycles. The molecule has 0 unspecified atom stereocenters. The number of benzene rings is 1. The van der Waals surface area contributed by atoms with Crippen LogP contribution in [0.2, 0.25) is 5.02 Å². The van der Waals surface area contributed by atoms with Crippen molar-refractivity contribution < 1.29 is 27.8 Å². The molecule has 0 saturated carbocycles. The number of aliphatic hydroxyl groups excluding tert-OH is 1. The minimum Gasteiger partial charge on any atom is -0.394 e. The number of nitrogens with zero attached hydrogens (tertiary/aromatic N) is 1. The Morgan fingerprint density at radius 3 is 2.72 bits per heavy atom. The third-order valence-corrected chi connectivity index (χ3v) is 3.10. The van der Waals surface area contributed by atoms with Crippen LogP contribution in [0.15, 0.2) is 30.0 Å². The Kier molecular flexibility index (Phi) is 8.21. The van der Waals surface area contributed by atoms with E-state index in [4.69, 9.17) is 26.7 Å². The van der Waals surface area contributed by atoms with Crippen LogP contribution in [0.5, 0.6) is 0 Å². The van der Waals surface area contributed by atoms with Crippen molar-refractivity contribution in [1.82, 2.24) is 5.32 Å². The largest absolute Gasteiger partial charge is 0.417 e. The lowest BCUT2D eigenvalue weighted by Gasteiger charge is -2.11. The molecule has 1 aromatic carbocycles. The van der Waals surface area contributed by atoms with Crippen molar-refractivity contribution in [1.29, 1.82) is 5.26 Å². The standard InChI is InChI=1S/C15H15ClF3N3O3/c16-13-2-1-11(7-12(13)15(17,18)19)22-14(24)10(8-20)9-21-3-5-25-6-4-23/h1-2,7,9,21,23H,3-6H2,(H,22,24)/b10-9-. The number of rotatable bonds is 8. The van der Waals surface area contributed by atoms with Crippen LogP contribution in [-0.4, -0.2) is 37.4 Å². The molecule has 0 aliphatic heterocycles. The van der Waals surface area contributed by atoms with Gasteiger partial charge in [-0.05, 0) is 18.2 Å². The predicted octanol–water partition coefficient (Wildman–Crippen LogP) is 2.30. The fourth-order valence-corrected chi connectivity index (χ4v) is 1.86. The highest BCUT2D eigenvalue weighted by atomic mass is 35.5. The molecule has 3 N–H and O–H groups in total. The van der Waals surface area contributed by atoms with E-state index >= 15 is 0 Å². The van der Waals surface area contributed by atoms with Gasteiger partial charge in [0.25, 0.3) is 5.91 Å². The van der Waals surface area contributed by atoms with Gasteiger partial charge in [-0.15, -0.1) is 0 Å². The molecule has 1 amide bonds. The normalized spacial score (nSPS) is 11.8. The van der Waals surface area contributed by atoms with Gasteiger partial charge in [-0.2, -0.15) is 18.4 Å². The number of hydrogen-bond acceptors (Lipinski definition) is 5. The van der Waals surface area contributed by atoms with Gasteiger partial charge < -0.3 is 20.5 Å². The minimum absolute atomic E-state index is 0.122. The van der Waals surface area contributed by atoms with Gasteiger partial charge in [-0.1, -0.05) is 11.6 Å². The first-order valence-corrected chi connectivity index (χ1v) is 7.37. The molecule has 0 radical (unpaired) electrons. The zero-order valence-electron chi connectivity index (χ0n) is 12.9. The third kappa shape index (κ3) is 7.01. The number of carbonyl (C=O) groups is 1. The summed E-state index contributed by atoms with van der Waals surface area (Å²) in [5, 5.41) is 21.8. The van der Waals surface area contributed by atoms with Crippen LogP contribution < -0.4 is 10.6 Å². The van der Waals surface area contributed by atoms with Crippen LogP contribution >= 0.6 is 11.6 Å². The van der Waals surface area contributed by atoms with Crippen LogP contribution in [0, 0.1) is 11.3 Å². The maximum atomic E-state index is 12.8. The average molecular weight is 378 g/mol. The Morgan fingerprint density at radius 2 is 2.12 bits per heavy atom. The number of amides is 1. The van der Waals surface area contributed by atoms with Gasteiger partial charge in [0.2, 0.25) is 0 Å². The number of nitrogens with one attached hydrogen (secondary N) is 2. The van der Waals surface area contributed by atoms with E-state index in [9.17, 15) is 18.0 Å². The molecule has 6 nitrogen and oxygen atoms in total. The van der Waals surface area contributed by atoms with Crippen LogP contribution in [0.4, 0.5) is 18.9 Å². The second-order valence-electron chi connectivity index (χ2n) is 4.61. The fourth-order valence-electron chi connectivity index (χ4n) is 1.64. The topological polar surface area (TPSA) is 94.4 Å². The van der Waals surface area contributed by atoms with Gasteiger partial charge in [0, 0.05) is 18.4 Å². The monoisotopic (exact) mass is 377 g/mol. The maximum absolute atomic E-state index is 12.8. The zero-order valence-corrected chi connectivity index (χ0v) is 13.6. The van der Waals surface area contributed by atoms with E-state index in [1.807, 2.05) is 0 Å². The Balaban J connectivity index is 2.72. The van der Waals surface area contributed by atoms with Gasteiger partial charge in [-0.25, -0.2) is 0 Å². The molecule has 10 heteroatoms. The van der Waals surface area contributed by atoms with Crippen LogP contribution in [0.3, 0.4) is 0 Å². The van der Waals surface area contributed by atoms with E-state index in [1.54, 1.807) is 6.07 Å². The van der Waals surface area contributed by atoms with E-state index < -0.39 is 22.7 Å². The molecule has 0 fully saturated rings.